The Morgan fingerprint density at radius 2 is 2.17 bits per heavy atom. The molecule has 0 spiro atoms. The first kappa shape index (κ1) is 13.1. The lowest BCUT2D eigenvalue weighted by molar-refractivity contribution is 0.685. The highest BCUT2D eigenvalue weighted by Gasteiger charge is 2.10. The molecular formula is C11H14N4OS2. The van der Waals surface area contributed by atoms with Crippen molar-refractivity contribution in [3.8, 4) is 0 Å². The van der Waals surface area contributed by atoms with Crippen molar-refractivity contribution in [1.82, 2.24) is 9.97 Å². The average molecular weight is 282 g/mol. The van der Waals surface area contributed by atoms with E-state index in [9.17, 15) is 4.21 Å². The van der Waals surface area contributed by atoms with Crippen LogP contribution in [0.1, 0.15) is 11.3 Å². The first-order valence-electron chi connectivity index (χ1n) is 5.43. The molecule has 0 aliphatic rings. The maximum Gasteiger partial charge on any atom is 0.184 e. The van der Waals surface area contributed by atoms with Gasteiger partial charge in [0.25, 0.3) is 0 Å². The van der Waals surface area contributed by atoms with E-state index in [0.29, 0.717) is 4.21 Å². The lowest BCUT2D eigenvalue weighted by Gasteiger charge is -2.02. The fourth-order valence-corrected chi connectivity index (χ4v) is 3.14. The average Bonchev–Trinajstić information content (AvgIpc) is 2.72. The van der Waals surface area contributed by atoms with Crippen LogP contribution in [0.3, 0.4) is 0 Å². The van der Waals surface area contributed by atoms with Gasteiger partial charge in [0.2, 0.25) is 0 Å². The van der Waals surface area contributed by atoms with E-state index >= 15 is 0 Å². The smallest absolute Gasteiger partial charge is 0.184 e. The van der Waals surface area contributed by atoms with Crippen LogP contribution in [-0.4, -0.2) is 20.7 Å². The highest BCUT2D eigenvalue weighted by molar-refractivity contribution is 7.85. The zero-order valence-electron chi connectivity index (χ0n) is 9.92. The lowest BCUT2D eigenvalue weighted by atomic mass is 10.2. The van der Waals surface area contributed by atoms with Gasteiger partial charge in [-0.3, -0.25) is 4.98 Å². The summed E-state index contributed by atoms with van der Waals surface area (Å²) >= 11 is 1.34. The molecule has 0 bridgehead atoms. The fraction of sp³-hybridized carbons (Fsp3) is 0.273. The van der Waals surface area contributed by atoms with E-state index in [0.717, 1.165) is 23.8 Å². The summed E-state index contributed by atoms with van der Waals surface area (Å²) in [5, 5.41) is 9.32. The van der Waals surface area contributed by atoms with Crippen molar-refractivity contribution in [3.05, 3.63) is 35.8 Å². The molecule has 5 nitrogen and oxygen atoms in total. The van der Waals surface area contributed by atoms with Crippen molar-refractivity contribution in [2.75, 3.05) is 11.9 Å². The van der Waals surface area contributed by atoms with Crippen LogP contribution in [0.15, 0.2) is 28.7 Å². The molecule has 96 valence electrons. The van der Waals surface area contributed by atoms with Gasteiger partial charge in [0.15, 0.2) is 5.13 Å². The molecule has 0 fully saturated rings. The Kier molecular flexibility index (Phi) is 4.40. The van der Waals surface area contributed by atoms with E-state index in [1.807, 2.05) is 19.1 Å². The zero-order chi connectivity index (χ0) is 13.0. The normalized spacial score (nSPS) is 12.3. The van der Waals surface area contributed by atoms with E-state index < -0.39 is 11.0 Å². The largest absolute Gasteiger partial charge is 0.361 e. The van der Waals surface area contributed by atoms with Crippen molar-refractivity contribution < 1.29 is 4.21 Å². The number of aryl methyl sites for hydroxylation is 1. The Balaban J connectivity index is 1.91. The summed E-state index contributed by atoms with van der Waals surface area (Å²) in [4.78, 5) is 8.25. The van der Waals surface area contributed by atoms with Crippen LogP contribution in [-0.2, 0) is 17.4 Å². The molecule has 2 heterocycles. The van der Waals surface area contributed by atoms with Crippen LogP contribution < -0.4 is 10.5 Å². The minimum Gasteiger partial charge on any atom is -0.361 e. The van der Waals surface area contributed by atoms with Crippen LogP contribution in [0.4, 0.5) is 5.13 Å². The Labute approximate surface area is 112 Å². The molecule has 0 aliphatic heterocycles. The Morgan fingerprint density at radius 3 is 2.78 bits per heavy atom. The molecule has 0 aromatic carbocycles. The van der Waals surface area contributed by atoms with E-state index in [1.54, 1.807) is 12.4 Å². The van der Waals surface area contributed by atoms with Crippen molar-refractivity contribution in [1.29, 1.82) is 0 Å². The van der Waals surface area contributed by atoms with Gasteiger partial charge in [-0.2, -0.15) is 0 Å². The first-order valence-corrected chi connectivity index (χ1v) is 7.46. The molecule has 0 radical (unpaired) electrons. The Morgan fingerprint density at radius 1 is 1.44 bits per heavy atom. The van der Waals surface area contributed by atoms with Gasteiger partial charge < -0.3 is 5.32 Å². The number of nitrogens with one attached hydrogen (secondary N) is 1. The van der Waals surface area contributed by atoms with Gasteiger partial charge >= 0.3 is 0 Å². The lowest BCUT2D eigenvalue weighted by Crippen LogP contribution is -2.04. The van der Waals surface area contributed by atoms with Gasteiger partial charge in [-0.25, -0.2) is 14.3 Å². The minimum absolute atomic E-state index is 0.626. The molecule has 0 unspecified atom stereocenters. The fourth-order valence-electron chi connectivity index (χ4n) is 1.51. The first-order chi connectivity index (χ1) is 8.66. The van der Waals surface area contributed by atoms with Crippen LogP contribution in [0.25, 0.3) is 0 Å². The maximum atomic E-state index is 11.2. The third-order valence-electron chi connectivity index (χ3n) is 2.38. The molecular weight excluding hydrogens is 268 g/mol. The van der Waals surface area contributed by atoms with Crippen LogP contribution >= 0.6 is 11.3 Å². The van der Waals surface area contributed by atoms with Crippen LogP contribution in [0, 0.1) is 6.92 Å². The van der Waals surface area contributed by atoms with Crippen LogP contribution in [0.2, 0.25) is 0 Å². The number of hydrogen-bond acceptors (Lipinski definition) is 5. The summed E-state index contributed by atoms with van der Waals surface area (Å²) in [6.45, 7) is 2.58. The molecule has 0 aliphatic carbocycles. The summed E-state index contributed by atoms with van der Waals surface area (Å²) in [5.41, 5.74) is 1.95. The number of thiazole rings is 1. The number of rotatable bonds is 5. The summed E-state index contributed by atoms with van der Waals surface area (Å²) < 4.78 is 11.8. The molecule has 0 saturated carbocycles. The number of nitrogens with two attached hydrogens (primary N) is 1. The zero-order valence-corrected chi connectivity index (χ0v) is 11.6. The van der Waals surface area contributed by atoms with Gasteiger partial charge in [-0.15, -0.1) is 0 Å². The second-order valence-corrected chi connectivity index (χ2v) is 5.98. The quantitative estimate of drug-likeness (QED) is 0.870. The second-order valence-electron chi connectivity index (χ2n) is 3.72. The van der Waals surface area contributed by atoms with E-state index in [-0.39, 0.29) is 0 Å². The maximum absolute atomic E-state index is 11.2. The number of aromatic nitrogens is 2. The number of nitrogens with zero attached hydrogens (tertiary/aromatic N) is 2. The highest BCUT2D eigenvalue weighted by atomic mass is 32.2. The third-order valence-corrected chi connectivity index (χ3v) is 4.69. The summed E-state index contributed by atoms with van der Waals surface area (Å²) in [5.74, 6) is 0. The monoisotopic (exact) mass is 282 g/mol. The number of pyridine rings is 1. The van der Waals surface area contributed by atoms with E-state index in [4.69, 9.17) is 5.14 Å². The van der Waals surface area contributed by atoms with Crippen molar-refractivity contribution in [2.45, 2.75) is 17.6 Å². The predicted molar refractivity (Wildman–Crippen MR) is 73.9 cm³/mol. The van der Waals surface area contributed by atoms with Crippen molar-refractivity contribution in [2.24, 2.45) is 5.14 Å². The molecule has 7 heteroatoms. The van der Waals surface area contributed by atoms with Gasteiger partial charge in [0.05, 0.1) is 5.69 Å². The summed E-state index contributed by atoms with van der Waals surface area (Å²) in [7, 11) is -1.45. The van der Waals surface area contributed by atoms with Crippen molar-refractivity contribution >= 4 is 27.5 Å². The highest BCUT2D eigenvalue weighted by Crippen LogP contribution is 2.24. The third kappa shape index (κ3) is 3.34. The molecule has 3 N–H and O–H groups in total. The molecule has 2 aromatic heterocycles. The molecule has 0 saturated heterocycles. The Bertz CT molecular complexity index is 541. The molecule has 18 heavy (non-hydrogen) atoms. The predicted octanol–water partition coefficient (Wildman–Crippen LogP) is 1.48. The van der Waals surface area contributed by atoms with E-state index in [2.05, 4.69) is 15.3 Å². The molecule has 0 amide bonds. The Hall–Kier alpha value is -1.31. The van der Waals surface area contributed by atoms with Gasteiger partial charge in [-0.05, 0) is 31.0 Å². The van der Waals surface area contributed by atoms with Crippen molar-refractivity contribution in [3.63, 3.8) is 0 Å². The number of anilines is 1. The second kappa shape index (κ2) is 6.03. The molecule has 2 aromatic rings. The van der Waals surface area contributed by atoms with Gasteiger partial charge in [-0.1, -0.05) is 11.3 Å². The summed E-state index contributed by atoms with van der Waals surface area (Å²) in [6, 6.07) is 3.96. The van der Waals surface area contributed by atoms with Gasteiger partial charge in [0.1, 0.15) is 15.2 Å². The molecule has 1 atom stereocenters. The van der Waals surface area contributed by atoms with Crippen LogP contribution in [0.5, 0.6) is 0 Å². The minimum atomic E-state index is -1.45. The topological polar surface area (TPSA) is 80.9 Å². The van der Waals surface area contributed by atoms with E-state index in [1.165, 1.54) is 16.9 Å². The van der Waals surface area contributed by atoms with Gasteiger partial charge in [0, 0.05) is 18.9 Å². The standard InChI is InChI=1S/C11H14N4OS2/c1-8-10(18(12)16)17-11(15-8)14-7-4-9-2-5-13-6-3-9/h2-3,5-6H,4,7,12H2,1H3,(H,14,15)/t18-/m0/s1. The SMILES string of the molecule is Cc1nc(NCCc2ccncc2)sc1[S@@](N)=O. The number of hydrogen-bond donors (Lipinski definition) is 2. The summed E-state index contributed by atoms with van der Waals surface area (Å²) in [6.07, 6.45) is 4.44. The molecule has 2 rings (SSSR count).